The number of methoxy groups -OCH3 is 1. The number of amides is 2. The van der Waals surface area contributed by atoms with Gasteiger partial charge in [-0.05, 0) is 38.1 Å². The first-order valence-electron chi connectivity index (χ1n) is 9.32. The van der Waals surface area contributed by atoms with Crippen LogP contribution in [0.4, 0.5) is 5.69 Å². The first-order valence-corrected chi connectivity index (χ1v) is 9.32. The lowest BCUT2D eigenvalue weighted by molar-refractivity contribution is -0.149. The summed E-state index contributed by atoms with van der Waals surface area (Å²) in [6.07, 6.45) is 1.14. The van der Waals surface area contributed by atoms with E-state index in [1.807, 2.05) is 6.07 Å². The van der Waals surface area contributed by atoms with Crippen LogP contribution in [-0.2, 0) is 19.1 Å². The highest BCUT2D eigenvalue weighted by Crippen LogP contribution is 2.33. The summed E-state index contributed by atoms with van der Waals surface area (Å²) in [5, 5.41) is 1.18. The molecule has 3 rings (SSSR count). The number of carbonyl (C=O) groups excluding carboxylic acids is 3. The van der Waals surface area contributed by atoms with Gasteiger partial charge in [-0.25, -0.2) is 9.80 Å². The Morgan fingerprint density at radius 3 is 2.50 bits per heavy atom. The molecule has 0 aliphatic carbocycles. The molecule has 0 saturated carbocycles. The molecular weight excluding hydrogens is 388 g/mol. The average molecular weight is 410 g/mol. The Morgan fingerprint density at radius 1 is 1.10 bits per heavy atom. The van der Waals surface area contributed by atoms with Gasteiger partial charge in [0, 0.05) is 5.56 Å². The third-order valence-corrected chi connectivity index (χ3v) is 4.14. The maximum Gasteiger partial charge on any atom is 0.344 e. The molecule has 0 bridgehead atoms. The monoisotopic (exact) mass is 410 g/mol. The molecule has 1 heterocycles. The fraction of sp³-hybridized carbons (Fsp3) is 0.227. The third kappa shape index (κ3) is 4.60. The largest absolute Gasteiger partial charge is 0.493 e. The number of benzene rings is 2. The van der Waals surface area contributed by atoms with Crippen molar-refractivity contribution in [2.45, 2.75) is 20.0 Å². The van der Waals surface area contributed by atoms with Crippen molar-refractivity contribution in [3.05, 3.63) is 59.7 Å². The van der Waals surface area contributed by atoms with Crippen LogP contribution in [0, 0.1) is 0 Å². The van der Waals surface area contributed by atoms with Crippen LogP contribution < -0.4 is 19.9 Å². The zero-order valence-corrected chi connectivity index (χ0v) is 16.9. The second-order valence-electron chi connectivity index (χ2n) is 6.68. The minimum atomic E-state index is -0.545. The summed E-state index contributed by atoms with van der Waals surface area (Å²) in [4.78, 5) is 37.1. The highest BCUT2D eigenvalue weighted by atomic mass is 16.6. The van der Waals surface area contributed by atoms with Crippen LogP contribution in [0.1, 0.15) is 19.4 Å². The van der Waals surface area contributed by atoms with Crippen molar-refractivity contribution in [2.75, 3.05) is 18.7 Å². The standard InChI is InChI=1S/C22H22N2O6/c1-14(2)30-19(25)13-29-20-15(8-7-11-18(20)28-3)12-17-21(26)23-24(22(17)27)16-9-5-4-6-10-16/h4-12,14H,13H2,1-3H3,(H,23,26). The van der Waals surface area contributed by atoms with Gasteiger partial charge in [0.05, 0.1) is 18.9 Å². The first kappa shape index (κ1) is 20.9. The number of rotatable bonds is 7. The van der Waals surface area contributed by atoms with Crippen molar-refractivity contribution in [3.8, 4) is 11.5 Å². The second-order valence-corrected chi connectivity index (χ2v) is 6.68. The van der Waals surface area contributed by atoms with E-state index in [0.717, 1.165) is 0 Å². The van der Waals surface area contributed by atoms with E-state index in [1.165, 1.54) is 18.2 Å². The van der Waals surface area contributed by atoms with Crippen LogP contribution in [0.15, 0.2) is 54.1 Å². The predicted molar refractivity (Wildman–Crippen MR) is 110 cm³/mol. The summed E-state index contributed by atoms with van der Waals surface area (Å²) in [6.45, 7) is 3.13. The summed E-state index contributed by atoms with van der Waals surface area (Å²) in [5.41, 5.74) is 3.43. The normalized spacial score (nSPS) is 14.8. The molecule has 8 heteroatoms. The van der Waals surface area contributed by atoms with E-state index in [1.54, 1.807) is 56.3 Å². The highest BCUT2D eigenvalue weighted by molar-refractivity contribution is 6.31. The zero-order valence-electron chi connectivity index (χ0n) is 16.9. The van der Waals surface area contributed by atoms with E-state index in [2.05, 4.69) is 5.43 Å². The van der Waals surface area contributed by atoms with Gasteiger partial charge in [0.25, 0.3) is 11.8 Å². The third-order valence-electron chi connectivity index (χ3n) is 4.14. The molecule has 1 saturated heterocycles. The minimum absolute atomic E-state index is 0.0679. The Hall–Kier alpha value is -3.81. The Labute approximate surface area is 174 Å². The molecule has 1 aliphatic heterocycles. The highest BCUT2D eigenvalue weighted by Gasteiger charge is 2.34. The number of hydrogen-bond acceptors (Lipinski definition) is 6. The second kappa shape index (κ2) is 9.13. The maximum atomic E-state index is 12.8. The molecule has 156 valence electrons. The van der Waals surface area contributed by atoms with Crippen LogP contribution in [-0.4, -0.2) is 37.6 Å². The Bertz CT molecular complexity index is 984. The van der Waals surface area contributed by atoms with Gasteiger partial charge in [-0.3, -0.25) is 15.0 Å². The van der Waals surface area contributed by atoms with Gasteiger partial charge in [-0.2, -0.15) is 0 Å². The van der Waals surface area contributed by atoms with Crippen molar-refractivity contribution >= 4 is 29.5 Å². The summed E-state index contributed by atoms with van der Waals surface area (Å²) >= 11 is 0. The van der Waals surface area contributed by atoms with E-state index in [0.29, 0.717) is 17.0 Å². The lowest BCUT2D eigenvalue weighted by Crippen LogP contribution is -2.35. The zero-order chi connectivity index (χ0) is 21.7. The Balaban J connectivity index is 1.90. The van der Waals surface area contributed by atoms with Gasteiger partial charge in [-0.1, -0.05) is 30.3 Å². The molecule has 0 atom stereocenters. The van der Waals surface area contributed by atoms with Crippen LogP contribution >= 0.6 is 0 Å². The minimum Gasteiger partial charge on any atom is -0.493 e. The van der Waals surface area contributed by atoms with Gasteiger partial charge in [0.2, 0.25) is 0 Å². The molecule has 2 aromatic carbocycles. The molecule has 2 amide bonds. The number of para-hydroxylation sites is 2. The van der Waals surface area contributed by atoms with Gasteiger partial charge < -0.3 is 14.2 Å². The molecule has 0 aromatic heterocycles. The van der Waals surface area contributed by atoms with E-state index in [4.69, 9.17) is 14.2 Å². The van der Waals surface area contributed by atoms with Crippen LogP contribution in [0.5, 0.6) is 11.5 Å². The van der Waals surface area contributed by atoms with Crippen molar-refractivity contribution in [1.29, 1.82) is 0 Å². The van der Waals surface area contributed by atoms with Crippen LogP contribution in [0.25, 0.3) is 6.08 Å². The number of esters is 1. The number of nitrogens with one attached hydrogen (secondary N) is 1. The summed E-state index contributed by atoms with van der Waals surface area (Å²) in [7, 11) is 1.45. The van der Waals surface area contributed by atoms with Crippen molar-refractivity contribution in [2.24, 2.45) is 0 Å². The molecule has 0 spiro atoms. The SMILES string of the molecule is COc1cccc(C=C2C(=O)NN(c3ccccc3)C2=O)c1OCC(=O)OC(C)C. The molecule has 0 radical (unpaired) electrons. The van der Waals surface area contributed by atoms with Crippen LogP contribution in [0.3, 0.4) is 0 Å². The molecule has 30 heavy (non-hydrogen) atoms. The lowest BCUT2D eigenvalue weighted by atomic mass is 10.1. The molecule has 0 unspecified atom stereocenters. The Kier molecular flexibility index (Phi) is 6.36. The van der Waals surface area contributed by atoms with Crippen LogP contribution in [0.2, 0.25) is 0 Å². The number of hydrogen-bond donors (Lipinski definition) is 1. The summed E-state index contributed by atoms with van der Waals surface area (Å²) in [5.74, 6) is -1.00. The number of carbonyl (C=O) groups is 3. The van der Waals surface area contributed by atoms with E-state index < -0.39 is 17.8 Å². The van der Waals surface area contributed by atoms with E-state index >= 15 is 0 Å². The van der Waals surface area contributed by atoms with E-state index in [-0.39, 0.29) is 24.0 Å². The molecule has 2 aromatic rings. The van der Waals surface area contributed by atoms with Gasteiger partial charge in [0.15, 0.2) is 18.1 Å². The van der Waals surface area contributed by atoms with E-state index in [9.17, 15) is 14.4 Å². The van der Waals surface area contributed by atoms with Crippen molar-refractivity contribution in [1.82, 2.24) is 5.43 Å². The maximum absolute atomic E-state index is 12.8. The number of ether oxygens (including phenoxy) is 3. The van der Waals surface area contributed by atoms with Gasteiger partial charge in [0.1, 0.15) is 5.57 Å². The molecule has 8 nitrogen and oxygen atoms in total. The average Bonchev–Trinajstić information content (AvgIpc) is 3.01. The number of nitrogens with zero attached hydrogens (tertiary/aromatic N) is 1. The van der Waals surface area contributed by atoms with Crippen molar-refractivity contribution < 1.29 is 28.6 Å². The Morgan fingerprint density at radius 2 is 1.83 bits per heavy atom. The van der Waals surface area contributed by atoms with Crippen molar-refractivity contribution in [3.63, 3.8) is 0 Å². The summed E-state index contributed by atoms with van der Waals surface area (Å²) < 4.78 is 16.0. The fourth-order valence-electron chi connectivity index (χ4n) is 2.86. The number of hydrazine groups is 1. The topological polar surface area (TPSA) is 94.2 Å². The molecule has 1 fully saturated rings. The fourth-order valence-corrected chi connectivity index (χ4v) is 2.86. The molecule has 1 N–H and O–H groups in total. The van der Waals surface area contributed by atoms with Gasteiger partial charge in [-0.15, -0.1) is 0 Å². The summed E-state index contributed by atoms with van der Waals surface area (Å²) in [6, 6.07) is 13.8. The molecular formula is C22H22N2O6. The number of anilines is 1. The smallest absolute Gasteiger partial charge is 0.344 e. The first-order chi connectivity index (χ1) is 14.4. The molecule has 1 aliphatic rings. The lowest BCUT2D eigenvalue weighted by Gasteiger charge is -2.14. The predicted octanol–water partition coefficient (Wildman–Crippen LogP) is 2.49. The van der Waals surface area contributed by atoms with Gasteiger partial charge >= 0.3 is 5.97 Å². The quantitative estimate of drug-likeness (QED) is 0.428.